The zero-order valence-corrected chi connectivity index (χ0v) is 16.1. The van der Waals surface area contributed by atoms with E-state index in [1.54, 1.807) is 17.9 Å². The maximum absolute atomic E-state index is 12.7. The average molecular weight is 400 g/mol. The molecular weight excluding hydrogens is 380 g/mol. The van der Waals surface area contributed by atoms with E-state index >= 15 is 0 Å². The van der Waals surface area contributed by atoms with Crippen molar-refractivity contribution in [3.05, 3.63) is 35.3 Å². The van der Waals surface area contributed by atoms with Gasteiger partial charge in [0.2, 0.25) is 16.9 Å². The quantitative estimate of drug-likeness (QED) is 0.718. The third kappa shape index (κ3) is 3.42. The van der Waals surface area contributed by atoms with Gasteiger partial charge in [-0.15, -0.1) is 10.2 Å². The second-order valence-corrected chi connectivity index (χ2v) is 7.79. The van der Waals surface area contributed by atoms with Crippen LogP contribution in [0.3, 0.4) is 0 Å². The number of para-hydroxylation sites is 1. The molecule has 1 aromatic carbocycles. The minimum atomic E-state index is -0.703. The van der Waals surface area contributed by atoms with Gasteiger partial charge in [0.05, 0.1) is 5.56 Å². The van der Waals surface area contributed by atoms with E-state index in [-0.39, 0.29) is 24.1 Å². The molecule has 9 nitrogen and oxygen atoms in total. The Bertz CT molecular complexity index is 918. The highest BCUT2D eigenvalue weighted by Gasteiger charge is 2.41. The molecule has 0 radical (unpaired) electrons. The number of hydrogen-bond acceptors (Lipinski definition) is 7. The second kappa shape index (κ2) is 7.19. The Labute approximate surface area is 165 Å². The van der Waals surface area contributed by atoms with Crippen LogP contribution in [0, 0.1) is 0 Å². The lowest BCUT2D eigenvalue weighted by atomic mass is 9.95. The standard InChI is InChI=1S/C18H20N6O3S/c1-11(15(26)20-17-23-19-10-28-17)24-9-8-18(7-6-14(24)25)21-13-5-3-2-4-12(13)16(27)22-18/h2-5,10-11,21H,6-9H2,1H3,(H,22,27)(H,20,23,26). The van der Waals surface area contributed by atoms with Crippen molar-refractivity contribution in [2.45, 2.75) is 37.9 Å². The zero-order chi connectivity index (χ0) is 19.7. The maximum atomic E-state index is 12.7. The zero-order valence-electron chi connectivity index (χ0n) is 15.3. The second-order valence-electron chi connectivity index (χ2n) is 6.95. The number of likely N-dealkylation sites (tertiary alicyclic amines) is 1. The molecule has 1 saturated heterocycles. The fourth-order valence-corrected chi connectivity index (χ4v) is 4.08. The van der Waals surface area contributed by atoms with Gasteiger partial charge in [-0.3, -0.25) is 19.7 Å². The van der Waals surface area contributed by atoms with Crippen LogP contribution in [0.25, 0.3) is 0 Å². The Morgan fingerprint density at radius 3 is 2.89 bits per heavy atom. The van der Waals surface area contributed by atoms with Crippen molar-refractivity contribution >= 4 is 39.9 Å². The lowest BCUT2D eigenvalue weighted by molar-refractivity contribution is -0.137. The molecule has 0 bridgehead atoms. The molecule has 0 saturated carbocycles. The van der Waals surface area contributed by atoms with Gasteiger partial charge in [-0.05, 0) is 25.5 Å². The highest BCUT2D eigenvalue weighted by molar-refractivity contribution is 7.13. The molecule has 1 spiro atoms. The monoisotopic (exact) mass is 400 g/mol. The summed E-state index contributed by atoms with van der Waals surface area (Å²) in [6, 6.07) is 6.65. The van der Waals surface area contributed by atoms with Crippen LogP contribution in [0.5, 0.6) is 0 Å². The summed E-state index contributed by atoms with van der Waals surface area (Å²) in [5.74, 6) is -0.587. The van der Waals surface area contributed by atoms with Gasteiger partial charge >= 0.3 is 0 Å². The van der Waals surface area contributed by atoms with Crippen molar-refractivity contribution < 1.29 is 14.4 Å². The topological polar surface area (TPSA) is 116 Å². The molecule has 0 aliphatic carbocycles. The molecule has 2 aliphatic rings. The van der Waals surface area contributed by atoms with Crippen LogP contribution in [0.15, 0.2) is 29.8 Å². The van der Waals surface area contributed by atoms with Gasteiger partial charge in [0.25, 0.3) is 5.91 Å². The normalized spacial score (nSPS) is 22.7. The summed E-state index contributed by atoms with van der Waals surface area (Å²) in [7, 11) is 0. The summed E-state index contributed by atoms with van der Waals surface area (Å²) in [6.07, 6.45) is 1.17. The number of anilines is 2. The van der Waals surface area contributed by atoms with Crippen molar-refractivity contribution in [2.24, 2.45) is 0 Å². The molecular formula is C18H20N6O3S. The Balaban J connectivity index is 1.49. The fourth-order valence-electron chi connectivity index (χ4n) is 3.63. The van der Waals surface area contributed by atoms with E-state index in [4.69, 9.17) is 0 Å². The summed E-state index contributed by atoms with van der Waals surface area (Å²) in [5, 5.41) is 17.0. The number of rotatable bonds is 3. The summed E-state index contributed by atoms with van der Waals surface area (Å²) < 4.78 is 0. The Hall–Kier alpha value is -3.01. The minimum Gasteiger partial charge on any atom is -0.362 e. The summed E-state index contributed by atoms with van der Waals surface area (Å²) in [5.41, 5.74) is 2.17. The number of hydrogen-bond donors (Lipinski definition) is 3. The predicted molar refractivity (Wildman–Crippen MR) is 104 cm³/mol. The van der Waals surface area contributed by atoms with Crippen LogP contribution in [0.2, 0.25) is 0 Å². The van der Waals surface area contributed by atoms with Crippen LogP contribution in [0.1, 0.15) is 36.5 Å². The molecule has 4 rings (SSSR count). The van der Waals surface area contributed by atoms with Gasteiger partial charge in [-0.2, -0.15) is 0 Å². The summed E-state index contributed by atoms with van der Waals surface area (Å²) >= 11 is 1.22. The van der Waals surface area contributed by atoms with Crippen LogP contribution in [-0.2, 0) is 9.59 Å². The van der Waals surface area contributed by atoms with Crippen molar-refractivity contribution in [3.63, 3.8) is 0 Å². The molecule has 146 valence electrons. The first-order valence-electron chi connectivity index (χ1n) is 9.04. The first kappa shape index (κ1) is 18.4. The summed E-state index contributed by atoms with van der Waals surface area (Å²) in [4.78, 5) is 39.3. The van der Waals surface area contributed by atoms with Gasteiger partial charge in [0.1, 0.15) is 17.2 Å². The molecule has 3 heterocycles. The summed E-state index contributed by atoms with van der Waals surface area (Å²) in [6.45, 7) is 2.04. The van der Waals surface area contributed by atoms with Crippen LogP contribution < -0.4 is 16.0 Å². The molecule has 2 atom stereocenters. The maximum Gasteiger partial charge on any atom is 0.255 e. The van der Waals surface area contributed by atoms with Gasteiger partial charge in [0.15, 0.2) is 0 Å². The third-order valence-electron chi connectivity index (χ3n) is 5.20. The van der Waals surface area contributed by atoms with Crippen LogP contribution >= 0.6 is 11.3 Å². The third-order valence-corrected chi connectivity index (χ3v) is 5.81. The number of amides is 3. The predicted octanol–water partition coefficient (Wildman–Crippen LogP) is 1.43. The first-order chi connectivity index (χ1) is 13.5. The van der Waals surface area contributed by atoms with E-state index in [0.717, 1.165) is 5.69 Å². The Kier molecular flexibility index (Phi) is 4.71. The van der Waals surface area contributed by atoms with E-state index in [2.05, 4.69) is 26.1 Å². The molecule has 3 amide bonds. The number of benzene rings is 1. The largest absolute Gasteiger partial charge is 0.362 e. The van der Waals surface area contributed by atoms with Crippen LogP contribution in [-0.4, -0.2) is 51.1 Å². The average Bonchev–Trinajstić information content (AvgIpc) is 3.14. The minimum absolute atomic E-state index is 0.119. The van der Waals surface area contributed by atoms with Gasteiger partial charge < -0.3 is 15.5 Å². The number of nitrogens with one attached hydrogen (secondary N) is 3. The van der Waals surface area contributed by atoms with Crippen molar-refractivity contribution in [1.29, 1.82) is 0 Å². The molecule has 28 heavy (non-hydrogen) atoms. The van der Waals surface area contributed by atoms with E-state index in [1.807, 2.05) is 18.2 Å². The van der Waals surface area contributed by atoms with Crippen LogP contribution in [0.4, 0.5) is 10.8 Å². The van der Waals surface area contributed by atoms with Crippen molar-refractivity contribution in [2.75, 3.05) is 17.2 Å². The molecule has 3 N–H and O–H groups in total. The molecule has 2 aromatic rings. The molecule has 2 aliphatic heterocycles. The van der Waals surface area contributed by atoms with Crippen molar-refractivity contribution in [1.82, 2.24) is 20.4 Å². The van der Waals surface area contributed by atoms with E-state index < -0.39 is 11.7 Å². The number of carbonyl (C=O) groups is 3. The SMILES string of the molecule is CC(C(=O)Nc1nncs1)N1CCC2(CCC1=O)NC(=O)c1ccccc1N2. The van der Waals surface area contributed by atoms with Gasteiger partial charge in [0, 0.05) is 25.1 Å². The Morgan fingerprint density at radius 2 is 2.11 bits per heavy atom. The lowest BCUT2D eigenvalue weighted by Crippen LogP contribution is -2.58. The molecule has 1 fully saturated rings. The molecule has 2 unspecified atom stereocenters. The van der Waals surface area contributed by atoms with E-state index in [1.165, 1.54) is 16.8 Å². The number of carbonyl (C=O) groups excluding carboxylic acids is 3. The van der Waals surface area contributed by atoms with E-state index in [9.17, 15) is 14.4 Å². The highest BCUT2D eigenvalue weighted by atomic mass is 32.1. The molecule has 1 aromatic heterocycles. The number of fused-ring (bicyclic) bond motifs is 1. The smallest absolute Gasteiger partial charge is 0.255 e. The Morgan fingerprint density at radius 1 is 1.29 bits per heavy atom. The fraction of sp³-hybridized carbons (Fsp3) is 0.389. The first-order valence-corrected chi connectivity index (χ1v) is 9.92. The van der Waals surface area contributed by atoms with E-state index in [0.29, 0.717) is 30.1 Å². The molecule has 10 heteroatoms. The highest BCUT2D eigenvalue weighted by Crippen LogP contribution is 2.32. The van der Waals surface area contributed by atoms with Gasteiger partial charge in [-0.1, -0.05) is 23.5 Å². The number of nitrogens with zero attached hydrogens (tertiary/aromatic N) is 3. The lowest BCUT2D eigenvalue weighted by Gasteiger charge is -2.40. The number of aromatic nitrogens is 2. The van der Waals surface area contributed by atoms with Crippen molar-refractivity contribution in [3.8, 4) is 0 Å². The van der Waals surface area contributed by atoms with Gasteiger partial charge in [-0.25, -0.2) is 0 Å².